The molecule has 110 valence electrons. The number of halogens is 1. The van der Waals surface area contributed by atoms with E-state index in [2.05, 4.69) is 20.0 Å². The lowest BCUT2D eigenvalue weighted by Gasteiger charge is -2.19. The van der Waals surface area contributed by atoms with Crippen LogP contribution in [0.4, 0.5) is 11.4 Å². The predicted octanol–water partition coefficient (Wildman–Crippen LogP) is 4.43. The lowest BCUT2D eigenvalue weighted by molar-refractivity contribution is 0.476. The van der Waals surface area contributed by atoms with Crippen LogP contribution in [-0.4, -0.2) is 16.1 Å². The number of phenolic OH excluding ortho intramolecular Hbond substituents is 1. The standard InChI is InChI=1S/C15H11ClN4OS/c16-9-6-11(21)14-12(7-9)22-20-15(19-14)18-10-3-1-2-8-4-5-17-13(8)10/h1-7,17,21H,(H2,18,19,20). The molecule has 7 heteroatoms. The van der Waals surface area contributed by atoms with E-state index in [1.165, 1.54) is 18.0 Å². The maximum Gasteiger partial charge on any atom is 0.212 e. The van der Waals surface area contributed by atoms with E-state index in [0.29, 0.717) is 16.7 Å². The smallest absolute Gasteiger partial charge is 0.212 e. The molecule has 0 saturated heterocycles. The van der Waals surface area contributed by atoms with E-state index in [-0.39, 0.29) is 5.75 Å². The molecule has 2 aromatic carbocycles. The Kier molecular flexibility index (Phi) is 3.13. The van der Waals surface area contributed by atoms with Crippen molar-refractivity contribution >= 4 is 51.8 Å². The number of para-hydroxylation sites is 1. The van der Waals surface area contributed by atoms with Crippen LogP contribution in [0.25, 0.3) is 10.9 Å². The number of benzene rings is 2. The molecule has 0 unspecified atom stereocenters. The van der Waals surface area contributed by atoms with Crippen LogP contribution in [0.5, 0.6) is 5.75 Å². The Morgan fingerprint density at radius 2 is 2.14 bits per heavy atom. The number of phenols is 1. The number of rotatable bonds is 1. The molecule has 22 heavy (non-hydrogen) atoms. The molecule has 4 N–H and O–H groups in total. The van der Waals surface area contributed by atoms with Crippen LogP contribution in [0.1, 0.15) is 0 Å². The third-order valence-electron chi connectivity index (χ3n) is 3.37. The van der Waals surface area contributed by atoms with Gasteiger partial charge in [-0.3, -0.25) is 0 Å². The predicted molar refractivity (Wildman–Crippen MR) is 92.0 cm³/mol. The van der Waals surface area contributed by atoms with Gasteiger partial charge in [-0.1, -0.05) is 23.7 Å². The fraction of sp³-hybridized carbons (Fsp3) is 0. The van der Waals surface area contributed by atoms with Gasteiger partial charge in [-0.2, -0.15) is 4.40 Å². The largest absolute Gasteiger partial charge is 0.506 e. The summed E-state index contributed by atoms with van der Waals surface area (Å²) in [6.07, 6.45) is 1.89. The van der Waals surface area contributed by atoms with Crippen molar-refractivity contribution in [1.82, 2.24) is 4.98 Å². The van der Waals surface area contributed by atoms with Gasteiger partial charge in [0.1, 0.15) is 5.75 Å². The second kappa shape index (κ2) is 5.15. The van der Waals surface area contributed by atoms with E-state index in [1.807, 2.05) is 30.5 Å². The zero-order valence-electron chi connectivity index (χ0n) is 11.2. The summed E-state index contributed by atoms with van der Waals surface area (Å²) in [4.78, 5) is 3.98. The van der Waals surface area contributed by atoms with Gasteiger partial charge in [0.25, 0.3) is 0 Å². The first-order valence-electron chi connectivity index (χ1n) is 6.58. The summed E-state index contributed by atoms with van der Waals surface area (Å²) < 4.78 is 4.37. The molecule has 4 rings (SSSR count). The number of hydrogen-bond donors (Lipinski definition) is 4. The summed E-state index contributed by atoms with van der Waals surface area (Å²) in [5.74, 6) is 0.652. The Bertz CT molecular complexity index is 906. The van der Waals surface area contributed by atoms with Crippen LogP contribution >= 0.6 is 23.5 Å². The lowest BCUT2D eigenvalue weighted by Crippen LogP contribution is -2.23. The molecular weight excluding hydrogens is 320 g/mol. The van der Waals surface area contributed by atoms with Crippen molar-refractivity contribution < 1.29 is 5.11 Å². The summed E-state index contributed by atoms with van der Waals surface area (Å²) in [5.41, 5.74) is 2.51. The van der Waals surface area contributed by atoms with Gasteiger partial charge in [-0.15, -0.1) is 0 Å². The molecule has 0 aliphatic carbocycles. The number of fused-ring (bicyclic) bond motifs is 2. The van der Waals surface area contributed by atoms with Gasteiger partial charge in [0.2, 0.25) is 5.96 Å². The first-order chi connectivity index (χ1) is 10.7. The van der Waals surface area contributed by atoms with Crippen molar-refractivity contribution in [3.8, 4) is 5.75 Å². The highest BCUT2D eigenvalue weighted by atomic mass is 35.5. The van der Waals surface area contributed by atoms with Crippen LogP contribution in [0, 0.1) is 0 Å². The first-order valence-corrected chi connectivity index (χ1v) is 7.73. The summed E-state index contributed by atoms with van der Waals surface area (Å²) in [6, 6.07) is 11.2. The van der Waals surface area contributed by atoms with Gasteiger partial charge in [-0.05, 0) is 18.2 Å². The minimum absolute atomic E-state index is 0.0993. The van der Waals surface area contributed by atoms with E-state index in [0.717, 1.165) is 21.5 Å². The molecule has 0 bridgehead atoms. The van der Waals surface area contributed by atoms with Gasteiger partial charge in [0.05, 0.1) is 21.8 Å². The van der Waals surface area contributed by atoms with E-state index in [9.17, 15) is 5.11 Å². The summed E-state index contributed by atoms with van der Waals surface area (Å²) >= 11 is 7.19. The number of nitrogens with one attached hydrogen (secondary N) is 3. The van der Waals surface area contributed by atoms with Gasteiger partial charge in [-0.25, -0.2) is 0 Å². The quantitative estimate of drug-likeness (QED) is 0.393. The molecule has 0 fully saturated rings. The monoisotopic (exact) mass is 330 g/mol. The third-order valence-corrected chi connectivity index (χ3v) is 4.38. The normalized spacial score (nSPS) is 13.4. The Hall–Kier alpha value is -2.31. The molecule has 3 aromatic rings. The number of guanidine groups is 1. The topological polar surface area (TPSA) is 72.4 Å². The van der Waals surface area contributed by atoms with Crippen molar-refractivity contribution in [2.45, 2.75) is 4.90 Å². The van der Waals surface area contributed by atoms with Gasteiger partial charge in [0.15, 0.2) is 0 Å². The molecule has 5 nitrogen and oxygen atoms in total. The number of anilines is 2. The molecule has 0 atom stereocenters. The Morgan fingerprint density at radius 1 is 1.23 bits per heavy atom. The zero-order chi connectivity index (χ0) is 15.1. The first kappa shape index (κ1) is 13.4. The summed E-state index contributed by atoms with van der Waals surface area (Å²) in [5, 5.41) is 17.9. The molecular formula is C15H11ClN4OS. The second-order valence-corrected chi connectivity index (χ2v) is 6.07. The average molecular weight is 331 g/mol. The molecule has 0 amide bonds. The highest BCUT2D eigenvalue weighted by Gasteiger charge is 2.18. The maximum atomic E-state index is 10.0. The van der Waals surface area contributed by atoms with Crippen molar-refractivity contribution in [3.05, 3.63) is 47.6 Å². The van der Waals surface area contributed by atoms with E-state index < -0.39 is 0 Å². The SMILES string of the molecule is Oc1cc(Cl)cc2c1NC(Nc1cccc3cc[nH]c13)=NS2. The van der Waals surface area contributed by atoms with Crippen molar-refractivity contribution in [1.29, 1.82) is 0 Å². The van der Waals surface area contributed by atoms with E-state index in [4.69, 9.17) is 11.6 Å². The fourth-order valence-corrected chi connectivity index (χ4v) is 3.36. The summed E-state index contributed by atoms with van der Waals surface area (Å²) in [7, 11) is 0. The van der Waals surface area contributed by atoms with E-state index in [1.54, 1.807) is 6.07 Å². The molecule has 0 radical (unpaired) electrons. The molecule has 1 aliphatic rings. The zero-order valence-corrected chi connectivity index (χ0v) is 12.8. The molecule has 0 spiro atoms. The van der Waals surface area contributed by atoms with Crippen molar-refractivity contribution in [3.63, 3.8) is 0 Å². The van der Waals surface area contributed by atoms with Crippen LogP contribution in [0.2, 0.25) is 5.02 Å². The molecule has 1 aliphatic heterocycles. The Morgan fingerprint density at radius 3 is 3.05 bits per heavy atom. The van der Waals surface area contributed by atoms with Crippen LogP contribution in [0.3, 0.4) is 0 Å². The van der Waals surface area contributed by atoms with Gasteiger partial charge >= 0.3 is 0 Å². The van der Waals surface area contributed by atoms with E-state index >= 15 is 0 Å². The second-order valence-electron chi connectivity index (χ2n) is 4.83. The third kappa shape index (κ3) is 2.26. The average Bonchev–Trinajstić information content (AvgIpc) is 2.97. The summed E-state index contributed by atoms with van der Waals surface area (Å²) in [6.45, 7) is 0. The minimum Gasteiger partial charge on any atom is -0.506 e. The van der Waals surface area contributed by atoms with Gasteiger partial charge in [0, 0.05) is 34.6 Å². The minimum atomic E-state index is 0.0993. The number of aromatic hydroxyl groups is 1. The van der Waals surface area contributed by atoms with Crippen LogP contribution < -0.4 is 10.6 Å². The van der Waals surface area contributed by atoms with Crippen LogP contribution in [-0.2, 0) is 0 Å². The van der Waals surface area contributed by atoms with Crippen molar-refractivity contribution in [2.24, 2.45) is 4.40 Å². The van der Waals surface area contributed by atoms with Crippen molar-refractivity contribution in [2.75, 3.05) is 10.6 Å². The highest BCUT2D eigenvalue weighted by Crippen LogP contribution is 2.40. The van der Waals surface area contributed by atoms with Gasteiger partial charge < -0.3 is 20.7 Å². The maximum absolute atomic E-state index is 10.0. The highest BCUT2D eigenvalue weighted by molar-refractivity contribution is 7.98. The molecule has 2 heterocycles. The number of aromatic amines is 1. The lowest BCUT2D eigenvalue weighted by atomic mass is 10.2. The van der Waals surface area contributed by atoms with Crippen LogP contribution in [0.15, 0.2) is 51.9 Å². The molecule has 0 saturated carbocycles. The fourth-order valence-electron chi connectivity index (χ4n) is 2.37. The number of H-pyrrole nitrogens is 1. The number of aromatic nitrogens is 1. The Balaban J connectivity index is 1.65. The Labute approximate surface area is 135 Å². The number of hydrogen-bond acceptors (Lipinski definition) is 5. The number of nitrogens with zero attached hydrogens (tertiary/aromatic N) is 1. The molecule has 1 aromatic heterocycles.